The molecule has 0 aliphatic carbocycles. The fourth-order valence-corrected chi connectivity index (χ4v) is 2.83. The summed E-state index contributed by atoms with van der Waals surface area (Å²) >= 11 is 1.76. The lowest BCUT2D eigenvalue weighted by molar-refractivity contribution is 0.662. The molecule has 2 rings (SSSR count). The number of aryl methyl sites for hydroxylation is 2. The fraction of sp³-hybridized carbons (Fsp3) is 0.357. The zero-order valence-electron chi connectivity index (χ0n) is 10.7. The summed E-state index contributed by atoms with van der Waals surface area (Å²) < 4.78 is 0. The Morgan fingerprint density at radius 2 is 1.82 bits per heavy atom. The highest BCUT2D eigenvalue weighted by atomic mass is 32.1. The van der Waals surface area contributed by atoms with Gasteiger partial charge in [0.1, 0.15) is 5.01 Å². The number of aromatic nitrogens is 1. The molecule has 0 amide bonds. The van der Waals surface area contributed by atoms with E-state index < -0.39 is 0 Å². The lowest BCUT2D eigenvalue weighted by Crippen LogP contribution is -2.10. The van der Waals surface area contributed by atoms with Crippen LogP contribution in [0.15, 0.2) is 24.4 Å². The average Bonchev–Trinajstić information content (AvgIpc) is 2.76. The van der Waals surface area contributed by atoms with Crippen molar-refractivity contribution in [3.05, 3.63) is 40.4 Å². The molecule has 90 valence electrons. The number of nitrogens with zero attached hydrogens (tertiary/aromatic N) is 1. The SMILES string of the molecule is CNC(C)c1cnc(-c2cc(C)cc(C)c2)s1. The first-order valence-electron chi connectivity index (χ1n) is 5.82. The molecule has 0 saturated carbocycles. The van der Waals surface area contributed by atoms with Crippen LogP contribution in [0.25, 0.3) is 10.6 Å². The molecule has 0 fully saturated rings. The van der Waals surface area contributed by atoms with E-state index in [9.17, 15) is 0 Å². The van der Waals surface area contributed by atoms with Crippen LogP contribution in [0.5, 0.6) is 0 Å². The van der Waals surface area contributed by atoms with Crippen molar-refractivity contribution in [3.63, 3.8) is 0 Å². The third-order valence-electron chi connectivity index (χ3n) is 2.85. The lowest BCUT2D eigenvalue weighted by Gasteiger charge is -2.05. The quantitative estimate of drug-likeness (QED) is 0.893. The number of nitrogens with one attached hydrogen (secondary N) is 1. The van der Waals surface area contributed by atoms with Gasteiger partial charge in [0, 0.05) is 22.7 Å². The van der Waals surface area contributed by atoms with E-state index in [4.69, 9.17) is 0 Å². The Bertz CT molecular complexity index is 496. The van der Waals surface area contributed by atoms with Crippen molar-refractivity contribution in [1.82, 2.24) is 10.3 Å². The second-order valence-corrected chi connectivity index (χ2v) is 5.52. The smallest absolute Gasteiger partial charge is 0.123 e. The second-order valence-electron chi connectivity index (χ2n) is 4.45. The van der Waals surface area contributed by atoms with Crippen LogP contribution in [0.1, 0.15) is 29.0 Å². The van der Waals surface area contributed by atoms with Gasteiger partial charge >= 0.3 is 0 Å². The summed E-state index contributed by atoms with van der Waals surface area (Å²) in [5, 5.41) is 4.34. The monoisotopic (exact) mass is 246 g/mol. The molecule has 0 aliphatic rings. The Kier molecular flexibility index (Phi) is 3.60. The maximum absolute atomic E-state index is 4.52. The van der Waals surface area contributed by atoms with E-state index in [1.807, 2.05) is 13.2 Å². The molecule has 1 aromatic heterocycles. The summed E-state index contributed by atoms with van der Waals surface area (Å²) in [7, 11) is 1.97. The maximum atomic E-state index is 4.52. The Morgan fingerprint density at radius 3 is 2.41 bits per heavy atom. The van der Waals surface area contributed by atoms with Crippen LogP contribution in [-0.2, 0) is 0 Å². The number of hydrogen-bond donors (Lipinski definition) is 1. The second kappa shape index (κ2) is 4.98. The zero-order valence-corrected chi connectivity index (χ0v) is 11.6. The van der Waals surface area contributed by atoms with Gasteiger partial charge in [0.2, 0.25) is 0 Å². The van der Waals surface area contributed by atoms with Crippen LogP contribution < -0.4 is 5.32 Å². The predicted molar refractivity (Wildman–Crippen MR) is 74.5 cm³/mol. The maximum Gasteiger partial charge on any atom is 0.123 e. The Balaban J connectivity index is 2.36. The predicted octanol–water partition coefficient (Wildman–Crippen LogP) is 3.71. The number of thiazole rings is 1. The van der Waals surface area contributed by atoms with Crippen LogP contribution in [-0.4, -0.2) is 12.0 Å². The van der Waals surface area contributed by atoms with Crippen molar-refractivity contribution in [2.45, 2.75) is 26.8 Å². The third kappa shape index (κ3) is 2.73. The molecule has 2 aromatic rings. The molecule has 17 heavy (non-hydrogen) atoms. The summed E-state index contributed by atoms with van der Waals surface area (Å²) in [4.78, 5) is 5.80. The summed E-state index contributed by atoms with van der Waals surface area (Å²) in [6, 6.07) is 6.94. The molecule has 0 aliphatic heterocycles. The molecule has 0 saturated heterocycles. The number of hydrogen-bond acceptors (Lipinski definition) is 3. The highest BCUT2D eigenvalue weighted by Crippen LogP contribution is 2.29. The third-order valence-corrected chi connectivity index (χ3v) is 4.08. The largest absolute Gasteiger partial charge is 0.312 e. The summed E-state index contributed by atoms with van der Waals surface area (Å²) in [5.74, 6) is 0. The van der Waals surface area contributed by atoms with Crippen molar-refractivity contribution >= 4 is 11.3 Å². The van der Waals surface area contributed by atoms with E-state index in [0.29, 0.717) is 6.04 Å². The van der Waals surface area contributed by atoms with Crippen molar-refractivity contribution in [2.75, 3.05) is 7.05 Å². The van der Waals surface area contributed by atoms with Gasteiger partial charge in [-0.05, 0) is 40.0 Å². The average molecular weight is 246 g/mol. The number of rotatable bonds is 3. The van der Waals surface area contributed by atoms with Gasteiger partial charge in [0.25, 0.3) is 0 Å². The van der Waals surface area contributed by atoms with Crippen LogP contribution in [0.2, 0.25) is 0 Å². The lowest BCUT2D eigenvalue weighted by atomic mass is 10.1. The molecule has 1 N–H and O–H groups in total. The van der Waals surface area contributed by atoms with Crippen molar-refractivity contribution < 1.29 is 0 Å². The topological polar surface area (TPSA) is 24.9 Å². The van der Waals surface area contributed by atoms with Crippen LogP contribution in [0.4, 0.5) is 0 Å². The van der Waals surface area contributed by atoms with Crippen LogP contribution in [0, 0.1) is 13.8 Å². The standard InChI is InChI=1S/C14H18N2S/c1-9-5-10(2)7-12(6-9)14-16-8-13(17-14)11(3)15-4/h5-8,11,15H,1-4H3. The molecule has 0 spiro atoms. The molecular weight excluding hydrogens is 228 g/mol. The molecule has 1 unspecified atom stereocenters. The molecule has 1 heterocycles. The van der Waals surface area contributed by atoms with E-state index in [-0.39, 0.29) is 0 Å². The zero-order chi connectivity index (χ0) is 12.4. The first-order valence-corrected chi connectivity index (χ1v) is 6.63. The van der Waals surface area contributed by atoms with Gasteiger partial charge in [0.05, 0.1) is 0 Å². The van der Waals surface area contributed by atoms with E-state index in [1.165, 1.54) is 21.6 Å². The fourth-order valence-electron chi connectivity index (χ4n) is 1.86. The summed E-state index contributed by atoms with van der Waals surface area (Å²) in [6.45, 7) is 6.40. The van der Waals surface area contributed by atoms with E-state index in [2.05, 4.69) is 49.3 Å². The molecule has 1 atom stereocenters. The van der Waals surface area contributed by atoms with Crippen molar-refractivity contribution in [3.8, 4) is 10.6 Å². The van der Waals surface area contributed by atoms with E-state index in [1.54, 1.807) is 11.3 Å². The Labute approximate surface area is 107 Å². The van der Waals surface area contributed by atoms with Gasteiger partial charge in [-0.15, -0.1) is 11.3 Å². The Morgan fingerprint density at radius 1 is 1.18 bits per heavy atom. The molecular formula is C14H18N2S. The van der Waals surface area contributed by atoms with Gasteiger partial charge < -0.3 is 5.32 Å². The van der Waals surface area contributed by atoms with Crippen LogP contribution in [0.3, 0.4) is 0 Å². The summed E-state index contributed by atoms with van der Waals surface area (Å²) in [5.41, 5.74) is 3.80. The highest BCUT2D eigenvalue weighted by molar-refractivity contribution is 7.15. The summed E-state index contributed by atoms with van der Waals surface area (Å²) in [6.07, 6.45) is 1.97. The van der Waals surface area contributed by atoms with Gasteiger partial charge in [-0.1, -0.05) is 17.2 Å². The van der Waals surface area contributed by atoms with Crippen molar-refractivity contribution in [2.24, 2.45) is 0 Å². The van der Waals surface area contributed by atoms with Crippen molar-refractivity contribution in [1.29, 1.82) is 0 Å². The van der Waals surface area contributed by atoms with E-state index in [0.717, 1.165) is 5.01 Å². The molecule has 0 radical (unpaired) electrons. The van der Waals surface area contributed by atoms with Gasteiger partial charge in [-0.2, -0.15) is 0 Å². The molecule has 2 nitrogen and oxygen atoms in total. The minimum atomic E-state index is 0.368. The van der Waals surface area contributed by atoms with Crippen LogP contribution >= 0.6 is 11.3 Å². The normalized spacial score (nSPS) is 12.7. The first-order chi connectivity index (χ1) is 8.10. The van der Waals surface area contributed by atoms with Gasteiger partial charge in [-0.3, -0.25) is 0 Å². The Hall–Kier alpha value is -1.19. The van der Waals surface area contributed by atoms with E-state index >= 15 is 0 Å². The highest BCUT2D eigenvalue weighted by Gasteiger charge is 2.09. The molecule has 1 aromatic carbocycles. The van der Waals surface area contributed by atoms with Gasteiger partial charge in [0.15, 0.2) is 0 Å². The molecule has 0 bridgehead atoms. The minimum absolute atomic E-state index is 0.368. The van der Waals surface area contributed by atoms with Gasteiger partial charge in [-0.25, -0.2) is 4.98 Å². The first kappa shape index (κ1) is 12.3. The minimum Gasteiger partial charge on any atom is -0.312 e. The molecule has 3 heteroatoms. The number of benzene rings is 1.